The van der Waals surface area contributed by atoms with Gasteiger partial charge in [-0.3, -0.25) is 4.79 Å². The van der Waals surface area contributed by atoms with E-state index in [-0.39, 0.29) is 11.7 Å². The van der Waals surface area contributed by atoms with E-state index in [4.69, 9.17) is 4.74 Å². The molecule has 0 unspecified atom stereocenters. The molecule has 0 radical (unpaired) electrons. The molecule has 0 heterocycles. The molecule has 0 saturated carbocycles. The van der Waals surface area contributed by atoms with Crippen LogP contribution in [0.25, 0.3) is 0 Å². The first-order valence-corrected chi connectivity index (χ1v) is 4.74. The Hall–Kier alpha value is -1.71. The molecule has 0 aliphatic heterocycles. The van der Waals surface area contributed by atoms with E-state index in [1.54, 1.807) is 18.2 Å². The highest BCUT2D eigenvalue weighted by Gasteiger charge is 2.02. The molecule has 0 aliphatic rings. The van der Waals surface area contributed by atoms with Crippen LogP contribution in [0.4, 0.5) is 0 Å². The Kier molecular flexibility index (Phi) is 3.97. The smallest absolute Gasteiger partial charge is 0.216 e. The summed E-state index contributed by atoms with van der Waals surface area (Å²) in [5.74, 6) is 0.539. The lowest BCUT2D eigenvalue weighted by Crippen LogP contribution is -2.22. The SMILES string of the molecule is COc1cc(CCNC(C)=O)ccc1O. The Morgan fingerprint density at radius 2 is 2.27 bits per heavy atom. The van der Waals surface area contributed by atoms with Crippen molar-refractivity contribution in [3.8, 4) is 11.5 Å². The van der Waals surface area contributed by atoms with E-state index in [9.17, 15) is 9.90 Å². The molecule has 1 rings (SSSR count). The minimum absolute atomic E-state index is 0.0410. The largest absolute Gasteiger partial charge is 0.504 e. The van der Waals surface area contributed by atoms with Crippen molar-refractivity contribution in [2.24, 2.45) is 0 Å². The van der Waals surface area contributed by atoms with Gasteiger partial charge in [0.1, 0.15) is 0 Å². The molecular formula is C11H15NO3. The standard InChI is InChI=1S/C11H15NO3/c1-8(13)12-6-5-9-3-4-10(14)11(7-9)15-2/h3-4,7,14H,5-6H2,1-2H3,(H,12,13). The maximum atomic E-state index is 10.6. The number of phenols is 1. The van der Waals surface area contributed by atoms with E-state index in [0.717, 1.165) is 12.0 Å². The van der Waals surface area contributed by atoms with Crippen LogP contribution in [0.1, 0.15) is 12.5 Å². The lowest BCUT2D eigenvalue weighted by molar-refractivity contribution is -0.118. The van der Waals surface area contributed by atoms with Crippen molar-refractivity contribution in [3.63, 3.8) is 0 Å². The molecule has 82 valence electrons. The number of aromatic hydroxyl groups is 1. The summed E-state index contributed by atoms with van der Waals surface area (Å²) in [6.45, 7) is 2.07. The zero-order valence-electron chi connectivity index (χ0n) is 8.91. The normalized spacial score (nSPS) is 9.73. The molecule has 0 aliphatic carbocycles. The summed E-state index contributed by atoms with van der Waals surface area (Å²) >= 11 is 0. The second-order valence-corrected chi connectivity index (χ2v) is 3.24. The molecule has 1 aromatic rings. The third-order valence-corrected chi connectivity index (χ3v) is 2.03. The molecule has 15 heavy (non-hydrogen) atoms. The summed E-state index contributed by atoms with van der Waals surface area (Å²) in [5.41, 5.74) is 1.01. The van der Waals surface area contributed by atoms with Crippen LogP contribution in [0.5, 0.6) is 11.5 Å². The molecule has 0 bridgehead atoms. The average Bonchev–Trinajstić information content (AvgIpc) is 2.20. The Morgan fingerprint density at radius 3 is 2.87 bits per heavy atom. The summed E-state index contributed by atoms with van der Waals surface area (Å²) in [5, 5.41) is 12.1. The Labute approximate surface area is 88.9 Å². The third kappa shape index (κ3) is 3.50. The van der Waals surface area contributed by atoms with Gasteiger partial charge in [0, 0.05) is 13.5 Å². The fraction of sp³-hybridized carbons (Fsp3) is 0.364. The van der Waals surface area contributed by atoms with Gasteiger partial charge in [-0.2, -0.15) is 0 Å². The molecule has 0 fully saturated rings. The van der Waals surface area contributed by atoms with Crippen molar-refractivity contribution in [2.75, 3.05) is 13.7 Å². The Bertz CT molecular complexity index is 350. The molecule has 1 aromatic carbocycles. The monoisotopic (exact) mass is 209 g/mol. The van der Waals surface area contributed by atoms with Gasteiger partial charge < -0.3 is 15.2 Å². The van der Waals surface area contributed by atoms with Gasteiger partial charge in [-0.25, -0.2) is 0 Å². The van der Waals surface area contributed by atoms with Gasteiger partial charge in [0.05, 0.1) is 7.11 Å². The first kappa shape index (κ1) is 11.4. The van der Waals surface area contributed by atoms with Gasteiger partial charge in [-0.1, -0.05) is 6.07 Å². The molecule has 0 saturated heterocycles. The zero-order chi connectivity index (χ0) is 11.3. The highest BCUT2D eigenvalue weighted by atomic mass is 16.5. The summed E-state index contributed by atoms with van der Waals surface area (Å²) in [6, 6.07) is 5.15. The number of hydrogen-bond acceptors (Lipinski definition) is 3. The third-order valence-electron chi connectivity index (χ3n) is 2.03. The first-order valence-electron chi connectivity index (χ1n) is 4.74. The lowest BCUT2D eigenvalue weighted by atomic mass is 10.1. The van der Waals surface area contributed by atoms with Crippen LogP contribution < -0.4 is 10.1 Å². The van der Waals surface area contributed by atoms with Crippen LogP contribution in [0.3, 0.4) is 0 Å². The topological polar surface area (TPSA) is 58.6 Å². The quantitative estimate of drug-likeness (QED) is 0.780. The number of ether oxygens (including phenoxy) is 1. The highest BCUT2D eigenvalue weighted by molar-refractivity contribution is 5.72. The van der Waals surface area contributed by atoms with Gasteiger partial charge in [0.25, 0.3) is 0 Å². The fourth-order valence-corrected chi connectivity index (χ4v) is 1.26. The summed E-state index contributed by atoms with van der Waals surface area (Å²) in [6.07, 6.45) is 0.718. The van der Waals surface area contributed by atoms with E-state index in [0.29, 0.717) is 12.3 Å². The van der Waals surface area contributed by atoms with Crippen LogP contribution in [-0.4, -0.2) is 24.7 Å². The van der Waals surface area contributed by atoms with Crippen molar-refractivity contribution >= 4 is 5.91 Å². The van der Waals surface area contributed by atoms with Crippen LogP contribution in [0.2, 0.25) is 0 Å². The fourth-order valence-electron chi connectivity index (χ4n) is 1.26. The average molecular weight is 209 g/mol. The summed E-state index contributed by atoms with van der Waals surface area (Å²) < 4.78 is 4.98. The molecular weight excluding hydrogens is 194 g/mol. The van der Waals surface area contributed by atoms with E-state index < -0.39 is 0 Å². The van der Waals surface area contributed by atoms with Crippen LogP contribution in [-0.2, 0) is 11.2 Å². The molecule has 0 atom stereocenters. The minimum atomic E-state index is -0.0410. The number of nitrogens with one attached hydrogen (secondary N) is 1. The molecule has 2 N–H and O–H groups in total. The molecule has 0 aromatic heterocycles. The molecule has 0 spiro atoms. The van der Waals surface area contributed by atoms with Crippen molar-refractivity contribution in [3.05, 3.63) is 23.8 Å². The number of hydrogen-bond donors (Lipinski definition) is 2. The number of amides is 1. The van der Waals surface area contributed by atoms with Gasteiger partial charge in [-0.05, 0) is 24.1 Å². The minimum Gasteiger partial charge on any atom is -0.504 e. The number of carbonyl (C=O) groups is 1. The maximum Gasteiger partial charge on any atom is 0.216 e. The Balaban J connectivity index is 2.58. The lowest BCUT2D eigenvalue weighted by Gasteiger charge is -2.06. The van der Waals surface area contributed by atoms with Crippen LogP contribution in [0.15, 0.2) is 18.2 Å². The van der Waals surface area contributed by atoms with Gasteiger partial charge in [-0.15, -0.1) is 0 Å². The van der Waals surface area contributed by atoms with E-state index in [1.807, 2.05) is 0 Å². The van der Waals surface area contributed by atoms with E-state index in [2.05, 4.69) is 5.32 Å². The number of benzene rings is 1. The second-order valence-electron chi connectivity index (χ2n) is 3.24. The van der Waals surface area contributed by atoms with E-state index in [1.165, 1.54) is 14.0 Å². The van der Waals surface area contributed by atoms with Crippen molar-refractivity contribution in [2.45, 2.75) is 13.3 Å². The predicted octanol–water partition coefficient (Wildman–Crippen LogP) is 1.08. The molecule has 4 heteroatoms. The van der Waals surface area contributed by atoms with Gasteiger partial charge in [0.2, 0.25) is 5.91 Å². The predicted molar refractivity (Wildman–Crippen MR) is 57.0 cm³/mol. The van der Waals surface area contributed by atoms with Crippen molar-refractivity contribution in [1.29, 1.82) is 0 Å². The summed E-state index contributed by atoms with van der Waals surface area (Å²) in [7, 11) is 1.51. The second kappa shape index (κ2) is 5.24. The number of carbonyl (C=O) groups excluding carboxylic acids is 1. The number of rotatable bonds is 4. The molecule has 1 amide bonds. The van der Waals surface area contributed by atoms with Crippen molar-refractivity contribution in [1.82, 2.24) is 5.32 Å². The van der Waals surface area contributed by atoms with Gasteiger partial charge >= 0.3 is 0 Å². The number of phenolic OH excluding ortho intramolecular Hbond substituents is 1. The molecule has 4 nitrogen and oxygen atoms in total. The van der Waals surface area contributed by atoms with Gasteiger partial charge in [0.15, 0.2) is 11.5 Å². The van der Waals surface area contributed by atoms with Crippen molar-refractivity contribution < 1.29 is 14.6 Å². The van der Waals surface area contributed by atoms with Crippen LogP contribution >= 0.6 is 0 Å². The first-order chi connectivity index (χ1) is 7.13. The number of methoxy groups -OCH3 is 1. The highest BCUT2D eigenvalue weighted by Crippen LogP contribution is 2.26. The zero-order valence-corrected chi connectivity index (χ0v) is 8.91. The summed E-state index contributed by atoms with van der Waals surface area (Å²) in [4.78, 5) is 10.6. The maximum absolute atomic E-state index is 10.6. The van der Waals surface area contributed by atoms with Crippen LogP contribution in [0, 0.1) is 0 Å². The Morgan fingerprint density at radius 1 is 1.53 bits per heavy atom. The van der Waals surface area contributed by atoms with E-state index >= 15 is 0 Å².